The number of nitriles is 1. The second-order valence-corrected chi connectivity index (χ2v) is 7.62. The van der Waals surface area contributed by atoms with E-state index in [2.05, 4.69) is 21.7 Å². The molecule has 1 aromatic heterocycles. The Hall–Kier alpha value is -1.80. The lowest BCUT2D eigenvalue weighted by Crippen LogP contribution is -2.55. The summed E-state index contributed by atoms with van der Waals surface area (Å²) in [5.41, 5.74) is 1.27. The third-order valence-corrected chi connectivity index (χ3v) is 5.72. The van der Waals surface area contributed by atoms with Gasteiger partial charge >= 0.3 is 0 Å². The summed E-state index contributed by atoms with van der Waals surface area (Å²) < 4.78 is 0. The highest BCUT2D eigenvalue weighted by molar-refractivity contribution is 6.20. The maximum atomic E-state index is 12.5. The van der Waals surface area contributed by atoms with Crippen LogP contribution in [0.5, 0.6) is 0 Å². The van der Waals surface area contributed by atoms with E-state index in [1.807, 2.05) is 13.8 Å². The van der Waals surface area contributed by atoms with Crippen molar-refractivity contribution in [2.75, 3.05) is 5.32 Å². The number of carbonyl (C=O) groups is 1. The predicted octanol–water partition coefficient (Wildman–Crippen LogP) is 2.97. The normalized spacial score (nSPS) is 30.7. The lowest BCUT2D eigenvalue weighted by atomic mass is 9.74. The molecule has 1 saturated carbocycles. The summed E-state index contributed by atoms with van der Waals surface area (Å²) in [6, 6.07) is 5.92. The van der Waals surface area contributed by atoms with Crippen molar-refractivity contribution in [3.05, 3.63) is 23.4 Å². The Morgan fingerprint density at radius 2 is 2.21 bits per heavy atom. The molecule has 1 aromatic rings. The summed E-state index contributed by atoms with van der Waals surface area (Å²) >= 11 is 6.31. The molecule has 128 valence electrons. The van der Waals surface area contributed by atoms with Gasteiger partial charge in [0, 0.05) is 17.5 Å². The Kier molecular flexibility index (Phi) is 4.96. The average Bonchev–Trinajstić information content (AvgIpc) is 2.54. The number of alkyl halides is 1. The first-order valence-corrected chi connectivity index (χ1v) is 9.00. The highest BCUT2D eigenvalue weighted by Gasteiger charge is 2.40. The lowest BCUT2D eigenvalue weighted by Gasteiger charge is -2.42. The number of halogens is 1. The molecule has 2 heterocycles. The zero-order chi connectivity index (χ0) is 17.3. The molecule has 3 rings (SSSR count). The summed E-state index contributed by atoms with van der Waals surface area (Å²) in [5.74, 6) is 1.19. The van der Waals surface area contributed by atoms with Crippen molar-refractivity contribution in [2.24, 2.45) is 11.8 Å². The molecule has 5 nitrogen and oxygen atoms in total. The molecule has 4 unspecified atom stereocenters. The van der Waals surface area contributed by atoms with Gasteiger partial charge in [-0.25, -0.2) is 4.98 Å². The van der Waals surface area contributed by atoms with Crippen LogP contribution in [0, 0.1) is 30.1 Å². The number of nitrogens with zero attached hydrogens (tertiary/aromatic N) is 2. The molecule has 5 atom stereocenters. The molecule has 1 saturated heterocycles. The number of fused-ring (bicyclic) bond motifs is 1. The number of piperidine rings is 1. The Morgan fingerprint density at radius 1 is 1.42 bits per heavy atom. The van der Waals surface area contributed by atoms with Crippen LogP contribution in [0.1, 0.15) is 43.9 Å². The quantitative estimate of drug-likeness (QED) is 0.825. The van der Waals surface area contributed by atoms with Crippen LogP contribution >= 0.6 is 11.6 Å². The number of aromatic nitrogens is 1. The monoisotopic (exact) mass is 346 g/mol. The maximum Gasteiger partial charge on any atom is 0.225 e. The fraction of sp³-hybridized carbons (Fsp3) is 0.611. The third-order valence-electron chi connectivity index (χ3n) is 5.32. The van der Waals surface area contributed by atoms with Gasteiger partial charge in [-0.15, -0.1) is 11.6 Å². The zero-order valence-corrected chi connectivity index (χ0v) is 14.8. The molecule has 2 N–H and O–H groups in total. The first-order valence-electron chi connectivity index (χ1n) is 8.56. The molecular formula is C18H23ClN4O. The van der Waals surface area contributed by atoms with E-state index in [4.69, 9.17) is 16.9 Å². The third kappa shape index (κ3) is 3.49. The standard InChI is InChI=1S/C18H23ClN4O/c1-10-12(9-20)3-6-17(21-10)22-11(2)15-8-13-7-14(19)4-5-16(13)23-18(15)24/h3,6,11,13-16H,4-5,7-8H2,1-2H3,(H,21,22)(H,23,24)/t11-,13?,14?,15?,16?/m1/s1. The minimum Gasteiger partial charge on any atom is -0.367 e. The van der Waals surface area contributed by atoms with E-state index in [0.717, 1.165) is 25.7 Å². The van der Waals surface area contributed by atoms with Gasteiger partial charge < -0.3 is 10.6 Å². The number of hydrogen-bond donors (Lipinski definition) is 2. The smallest absolute Gasteiger partial charge is 0.225 e. The van der Waals surface area contributed by atoms with Gasteiger partial charge in [0.1, 0.15) is 11.9 Å². The van der Waals surface area contributed by atoms with Crippen LogP contribution < -0.4 is 10.6 Å². The minimum absolute atomic E-state index is 0.0264. The van der Waals surface area contributed by atoms with Crippen LogP contribution in [-0.4, -0.2) is 28.4 Å². The number of rotatable bonds is 3. The molecule has 1 amide bonds. The number of anilines is 1. The average molecular weight is 347 g/mol. The van der Waals surface area contributed by atoms with Crippen molar-refractivity contribution in [3.63, 3.8) is 0 Å². The molecule has 0 aromatic carbocycles. The molecule has 0 radical (unpaired) electrons. The van der Waals surface area contributed by atoms with Crippen molar-refractivity contribution in [1.82, 2.24) is 10.3 Å². The largest absolute Gasteiger partial charge is 0.367 e. The van der Waals surface area contributed by atoms with Crippen LogP contribution in [-0.2, 0) is 4.79 Å². The molecule has 6 heteroatoms. The van der Waals surface area contributed by atoms with Crippen molar-refractivity contribution < 1.29 is 4.79 Å². The molecule has 0 spiro atoms. The Bertz CT molecular complexity index is 671. The van der Waals surface area contributed by atoms with Crippen molar-refractivity contribution >= 4 is 23.3 Å². The zero-order valence-electron chi connectivity index (χ0n) is 14.1. The van der Waals surface area contributed by atoms with Crippen LogP contribution in [0.3, 0.4) is 0 Å². The molecule has 0 bridgehead atoms. The minimum atomic E-state index is -0.0917. The number of carbonyl (C=O) groups excluding carboxylic acids is 1. The summed E-state index contributed by atoms with van der Waals surface area (Å²) in [6.45, 7) is 3.83. The van der Waals surface area contributed by atoms with E-state index in [-0.39, 0.29) is 29.3 Å². The van der Waals surface area contributed by atoms with E-state index in [1.54, 1.807) is 12.1 Å². The highest BCUT2D eigenvalue weighted by atomic mass is 35.5. The number of aryl methyl sites for hydroxylation is 1. The van der Waals surface area contributed by atoms with E-state index in [9.17, 15) is 4.79 Å². The number of pyridine rings is 1. The van der Waals surface area contributed by atoms with E-state index < -0.39 is 0 Å². The van der Waals surface area contributed by atoms with Crippen LogP contribution in [0.4, 0.5) is 5.82 Å². The molecule has 1 aliphatic carbocycles. The van der Waals surface area contributed by atoms with Gasteiger partial charge in [-0.3, -0.25) is 4.79 Å². The van der Waals surface area contributed by atoms with Crippen LogP contribution in [0.15, 0.2) is 12.1 Å². The maximum absolute atomic E-state index is 12.5. The number of hydrogen-bond acceptors (Lipinski definition) is 4. The van der Waals surface area contributed by atoms with Gasteiger partial charge in [-0.2, -0.15) is 5.26 Å². The highest BCUT2D eigenvalue weighted by Crippen LogP contribution is 2.36. The van der Waals surface area contributed by atoms with Gasteiger partial charge in [0.15, 0.2) is 0 Å². The van der Waals surface area contributed by atoms with Gasteiger partial charge in [0.05, 0.1) is 17.2 Å². The fourth-order valence-corrected chi connectivity index (χ4v) is 4.26. The van der Waals surface area contributed by atoms with Crippen LogP contribution in [0.25, 0.3) is 0 Å². The topological polar surface area (TPSA) is 77.8 Å². The van der Waals surface area contributed by atoms with Crippen molar-refractivity contribution in [1.29, 1.82) is 5.26 Å². The summed E-state index contributed by atoms with van der Waals surface area (Å²) in [7, 11) is 0. The van der Waals surface area contributed by atoms with Crippen molar-refractivity contribution in [3.8, 4) is 6.07 Å². The second-order valence-electron chi connectivity index (χ2n) is 7.00. The summed E-state index contributed by atoms with van der Waals surface area (Å²) in [4.78, 5) is 16.9. The van der Waals surface area contributed by atoms with E-state index in [0.29, 0.717) is 23.0 Å². The Labute approximate surface area is 147 Å². The summed E-state index contributed by atoms with van der Waals surface area (Å²) in [5, 5.41) is 15.7. The first-order chi connectivity index (χ1) is 11.5. The fourth-order valence-electron chi connectivity index (χ4n) is 3.90. The van der Waals surface area contributed by atoms with Crippen LogP contribution in [0.2, 0.25) is 0 Å². The number of nitrogens with one attached hydrogen (secondary N) is 2. The SMILES string of the molecule is Cc1nc(N[C@H](C)C2CC3CC(Cl)CCC3NC2=O)ccc1C#N. The molecule has 1 aliphatic heterocycles. The first kappa shape index (κ1) is 17.0. The Morgan fingerprint density at radius 3 is 2.92 bits per heavy atom. The molecule has 24 heavy (non-hydrogen) atoms. The molecular weight excluding hydrogens is 324 g/mol. The molecule has 2 fully saturated rings. The summed E-state index contributed by atoms with van der Waals surface area (Å²) in [6.07, 6.45) is 3.80. The predicted molar refractivity (Wildman–Crippen MR) is 93.8 cm³/mol. The lowest BCUT2D eigenvalue weighted by molar-refractivity contribution is -0.130. The van der Waals surface area contributed by atoms with E-state index >= 15 is 0 Å². The van der Waals surface area contributed by atoms with Gasteiger partial charge in [0.2, 0.25) is 5.91 Å². The Balaban J connectivity index is 1.68. The second kappa shape index (κ2) is 6.98. The molecule has 2 aliphatic rings. The van der Waals surface area contributed by atoms with Gasteiger partial charge in [-0.05, 0) is 57.6 Å². The van der Waals surface area contributed by atoms with Crippen molar-refractivity contribution in [2.45, 2.75) is 57.0 Å². The van der Waals surface area contributed by atoms with E-state index in [1.165, 1.54) is 0 Å². The number of amides is 1. The van der Waals surface area contributed by atoms with Gasteiger partial charge in [-0.1, -0.05) is 0 Å². The van der Waals surface area contributed by atoms with Gasteiger partial charge in [0.25, 0.3) is 0 Å².